The van der Waals surface area contributed by atoms with Gasteiger partial charge in [0.2, 0.25) is 0 Å². The van der Waals surface area contributed by atoms with E-state index in [1.54, 1.807) is 7.11 Å². The fraction of sp³-hybridized carbons (Fsp3) is 0.474. The summed E-state index contributed by atoms with van der Waals surface area (Å²) in [6, 6.07) is 8.93. The van der Waals surface area contributed by atoms with Crippen molar-refractivity contribution in [2.75, 3.05) is 7.11 Å². The Labute approximate surface area is 132 Å². The summed E-state index contributed by atoms with van der Waals surface area (Å²) in [5.74, 6) is 0.961. The zero-order valence-electron chi connectivity index (χ0n) is 13.2. The summed E-state index contributed by atoms with van der Waals surface area (Å²) in [6.07, 6.45) is 6.55. The summed E-state index contributed by atoms with van der Waals surface area (Å²) >= 11 is 1.86. The van der Waals surface area contributed by atoms with Gasteiger partial charge in [0.1, 0.15) is 5.75 Å². The van der Waals surface area contributed by atoms with Crippen LogP contribution in [0.4, 0.5) is 0 Å². The highest BCUT2D eigenvalue weighted by Gasteiger charge is 2.39. The first-order chi connectivity index (χ1) is 10.2. The van der Waals surface area contributed by atoms with E-state index in [1.165, 1.54) is 53.7 Å². The Balaban J connectivity index is 1.96. The standard InChI is InChI=1S/C19H24OS/c1-4-5-6-7-11-19(2)16-9-8-14(20-3)13-15(16)18-17(19)10-12-21-18/h8-10,12-13H,4-7,11H2,1-3H3. The van der Waals surface area contributed by atoms with E-state index in [2.05, 4.69) is 43.5 Å². The Bertz CT molecular complexity index is 628. The second-order valence-electron chi connectivity index (χ2n) is 6.22. The van der Waals surface area contributed by atoms with Crippen LogP contribution >= 0.6 is 11.3 Å². The van der Waals surface area contributed by atoms with Crippen LogP contribution in [0.1, 0.15) is 57.1 Å². The number of hydrogen-bond acceptors (Lipinski definition) is 2. The van der Waals surface area contributed by atoms with Crippen molar-refractivity contribution >= 4 is 11.3 Å². The maximum absolute atomic E-state index is 5.42. The van der Waals surface area contributed by atoms with Crippen molar-refractivity contribution in [1.82, 2.24) is 0 Å². The first kappa shape index (κ1) is 14.6. The van der Waals surface area contributed by atoms with E-state index in [-0.39, 0.29) is 5.41 Å². The molecule has 0 aliphatic heterocycles. The van der Waals surface area contributed by atoms with Crippen molar-refractivity contribution in [3.8, 4) is 16.2 Å². The molecule has 0 N–H and O–H groups in total. The van der Waals surface area contributed by atoms with Gasteiger partial charge in [-0.2, -0.15) is 0 Å². The lowest BCUT2D eigenvalue weighted by atomic mass is 9.76. The number of hydrogen-bond donors (Lipinski definition) is 0. The molecule has 21 heavy (non-hydrogen) atoms. The van der Waals surface area contributed by atoms with Gasteiger partial charge in [-0.15, -0.1) is 11.3 Å². The van der Waals surface area contributed by atoms with Crippen molar-refractivity contribution in [2.24, 2.45) is 0 Å². The number of benzene rings is 1. The van der Waals surface area contributed by atoms with E-state index < -0.39 is 0 Å². The summed E-state index contributed by atoms with van der Waals surface area (Å²) in [4.78, 5) is 1.45. The predicted molar refractivity (Wildman–Crippen MR) is 91.5 cm³/mol. The van der Waals surface area contributed by atoms with Gasteiger partial charge in [0.25, 0.3) is 0 Å². The average molecular weight is 300 g/mol. The molecule has 0 fully saturated rings. The van der Waals surface area contributed by atoms with Crippen LogP contribution in [0.5, 0.6) is 5.75 Å². The summed E-state index contributed by atoms with van der Waals surface area (Å²) in [5.41, 5.74) is 4.58. The van der Waals surface area contributed by atoms with Crippen LogP contribution in [-0.2, 0) is 5.41 Å². The summed E-state index contributed by atoms with van der Waals surface area (Å²) in [5, 5.41) is 2.23. The Morgan fingerprint density at radius 3 is 2.71 bits per heavy atom. The lowest BCUT2D eigenvalue weighted by molar-refractivity contribution is 0.414. The van der Waals surface area contributed by atoms with Crippen LogP contribution in [0.3, 0.4) is 0 Å². The van der Waals surface area contributed by atoms with Gasteiger partial charge in [-0.05, 0) is 46.7 Å². The smallest absolute Gasteiger partial charge is 0.119 e. The van der Waals surface area contributed by atoms with Crippen molar-refractivity contribution in [3.05, 3.63) is 40.8 Å². The first-order valence-electron chi connectivity index (χ1n) is 7.97. The minimum Gasteiger partial charge on any atom is -0.497 e. The van der Waals surface area contributed by atoms with Crippen LogP contribution in [0.2, 0.25) is 0 Å². The maximum atomic E-state index is 5.42. The molecule has 1 aliphatic carbocycles. The van der Waals surface area contributed by atoms with Crippen molar-refractivity contribution < 1.29 is 4.74 Å². The molecule has 1 nitrogen and oxygen atoms in total. The quantitative estimate of drug-likeness (QED) is 0.593. The largest absolute Gasteiger partial charge is 0.497 e. The van der Waals surface area contributed by atoms with Crippen LogP contribution < -0.4 is 4.74 Å². The minimum absolute atomic E-state index is 0.185. The SMILES string of the molecule is CCCCCCC1(C)c2ccc(OC)cc2-c2sccc21. The van der Waals surface area contributed by atoms with Crippen LogP contribution in [-0.4, -0.2) is 7.11 Å². The fourth-order valence-corrected chi connectivity index (χ4v) is 4.65. The summed E-state index contributed by atoms with van der Waals surface area (Å²) in [6.45, 7) is 4.69. The molecular formula is C19H24OS. The normalized spacial score (nSPS) is 19.4. The van der Waals surface area contributed by atoms with Crippen LogP contribution in [0, 0.1) is 0 Å². The fourth-order valence-electron chi connectivity index (χ4n) is 3.59. The van der Waals surface area contributed by atoms with Gasteiger partial charge in [-0.3, -0.25) is 0 Å². The lowest BCUT2D eigenvalue weighted by Crippen LogP contribution is -2.20. The van der Waals surface area contributed by atoms with E-state index in [1.807, 2.05) is 11.3 Å². The molecule has 1 aromatic carbocycles. The summed E-state index contributed by atoms with van der Waals surface area (Å²) in [7, 11) is 1.75. The molecule has 0 bridgehead atoms. The molecule has 0 saturated carbocycles. The maximum Gasteiger partial charge on any atom is 0.119 e. The third-order valence-electron chi connectivity index (χ3n) is 4.86. The lowest BCUT2D eigenvalue weighted by Gasteiger charge is -2.27. The topological polar surface area (TPSA) is 9.23 Å². The molecule has 1 atom stereocenters. The van der Waals surface area contributed by atoms with Gasteiger partial charge < -0.3 is 4.74 Å². The Kier molecular flexibility index (Phi) is 4.08. The van der Waals surface area contributed by atoms with E-state index in [0.717, 1.165) is 5.75 Å². The number of thiophene rings is 1. The monoisotopic (exact) mass is 300 g/mol. The highest BCUT2D eigenvalue weighted by atomic mass is 32.1. The highest BCUT2D eigenvalue weighted by molar-refractivity contribution is 7.14. The van der Waals surface area contributed by atoms with Gasteiger partial charge in [0.15, 0.2) is 0 Å². The molecule has 1 aliphatic rings. The molecule has 0 amide bonds. The number of ether oxygens (including phenoxy) is 1. The Morgan fingerprint density at radius 1 is 1.10 bits per heavy atom. The molecule has 0 spiro atoms. The van der Waals surface area contributed by atoms with Crippen LogP contribution in [0.25, 0.3) is 10.4 Å². The summed E-state index contributed by atoms with van der Waals surface area (Å²) < 4.78 is 5.42. The molecule has 112 valence electrons. The molecule has 1 unspecified atom stereocenters. The second-order valence-corrected chi connectivity index (χ2v) is 7.13. The molecule has 0 saturated heterocycles. The number of unbranched alkanes of at least 4 members (excludes halogenated alkanes) is 3. The number of rotatable bonds is 6. The van der Waals surface area contributed by atoms with Gasteiger partial charge in [0.05, 0.1) is 7.11 Å². The molecule has 0 radical (unpaired) electrons. The third kappa shape index (κ3) is 2.40. The molecular weight excluding hydrogens is 276 g/mol. The molecule has 3 rings (SSSR count). The third-order valence-corrected chi connectivity index (χ3v) is 5.80. The molecule has 2 aromatic rings. The van der Waals surface area contributed by atoms with E-state index in [4.69, 9.17) is 4.74 Å². The first-order valence-corrected chi connectivity index (χ1v) is 8.85. The van der Waals surface area contributed by atoms with E-state index in [9.17, 15) is 0 Å². The minimum atomic E-state index is 0.185. The number of methoxy groups -OCH3 is 1. The zero-order valence-corrected chi connectivity index (χ0v) is 14.1. The van der Waals surface area contributed by atoms with Crippen LogP contribution in [0.15, 0.2) is 29.6 Å². The Morgan fingerprint density at radius 2 is 1.95 bits per heavy atom. The second kappa shape index (κ2) is 5.84. The van der Waals surface area contributed by atoms with E-state index >= 15 is 0 Å². The van der Waals surface area contributed by atoms with Gasteiger partial charge >= 0.3 is 0 Å². The predicted octanol–water partition coefficient (Wildman–Crippen LogP) is 6.01. The highest BCUT2D eigenvalue weighted by Crippen LogP contribution is 2.54. The van der Waals surface area contributed by atoms with E-state index in [0.29, 0.717) is 0 Å². The molecule has 1 aromatic heterocycles. The van der Waals surface area contributed by atoms with Gasteiger partial charge in [0, 0.05) is 10.3 Å². The molecule has 1 heterocycles. The van der Waals surface area contributed by atoms with Crippen molar-refractivity contribution in [1.29, 1.82) is 0 Å². The van der Waals surface area contributed by atoms with Gasteiger partial charge in [-0.1, -0.05) is 45.6 Å². The zero-order chi connectivity index (χ0) is 14.9. The van der Waals surface area contributed by atoms with Crippen molar-refractivity contribution in [3.63, 3.8) is 0 Å². The van der Waals surface area contributed by atoms with Gasteiger partial charge in [-0.25, -0.2) is 0 Å². The number of fused-ring (bicyclic) bond motifs is 3. The molecule has 2 heteroatoms. The Hall–Kier alpha value is -1.28. The average Bonchev–Trinajstić information content (AvgIpc) is 3.07. The van der Waals surface area contributed by atoms with Crippen molar-refractivity contribution in [2.45, 2.75) is 51.4 Å².